The quantitative estimate of drug-likeness (QED) is 0.0793. The van der Waals surface area contributed by atoms with Gasteiger partial charge in [0, 0.05) is 12.8 Å². The maximum atomic E-state index is 12.8. The first kappa shape index (κ1) is 38.2. The van der Waals surface area contributed by atoms with E-state index in [2.05, 4.69) is 84.1 Å². The Morgan fingerprint density at radius 1 is 0.830 bits per heavy atom. The van der Waals surface area contributed by atoms with E-state index in [0.717, 1.165) is 80.5 Å². The molecular formula is C45H74O2. The fraction of sp³-hybridized carbons (Fsp3) is 0.800. The summed E-state index contributed by atoms with van der Waals surface area (Å²) in [5, 5.41) is 0. The molecule has 4 rings (SSSR count). The van der Waals surface area contributed by atoms with Crippen molar-refractivity contribution in [2.45, 2.75) is 182 Å². The molecule has 4 aliphatic carbocycles. The summed E-state index contributed by atoms with van der Waals surface area (Å²) >= 11 is 0. The van der Waals surface area contributed by atoms with E-state index < -0.39 is 0 Å². The molecule has 266 valence electrons. The summed E-state index contributed by atoms with van der Waals surface area (Å²) in [5.41, 5.74) is 2.51. The van der Waals surface area contributed by atoms with Gasteiger partial charge in [0.2, 0.25) is 0 Å². The summed E-state index contributed by atoms with van der Waals surface area (Å²) in [4.78, 5) is 12.8. The number of hydrogen-bond acceptors (Lipinski definition) is 2. The molecule has 3 saturated carbocycles. The first-order valence-corrected chi connectivity index (χ1v) is 20.5. The molecule has 4 aliphatic rings. The summed E-state index contributed by atoms with van der Waals surface area (Å²) in [5.74, 6) is 5.28. The van der Waals surface area contributed by atoms with Gasteiger partial charge in [-0.15, -0.1) is 0 Å². The molecule has 2 heteroatoms. The second-order valence-electron chi connectivity index (χ2n) is 17.2. The van der Waals surface area contributed by atoms with Crippen LogP contribution in [-0.2, 0) is 9.53 Å². The molecule has 0 spiro atoms. The molecular weight excluding hydrogens is 572 g/mol. The van der Waals surface area contributed by atoms with Crippen LogP contribution in [0.5, 0.6) is 0 Å². The van der Waals surface area contributed by atoms with Gasteiger partial charge in [0.25, 0.3) is 0 Å². The SMILES string of the molecule is CC/C=C\C/C=C\C/C=C\CCCCCCCC(=O)O[C@@H]1CC[C@@]2(C)C(=CC[C@H]3[C@H]4CC[C@H]([C@H](C)CCCC(C)C)[C@@]4(C)CC[C@H]32)C1. The van der Waals surface area contributed by atoms with Crippen LogP contribution in [0.3, 0.4) is 0 Å². The minimum atomic E-state index is 0.0435. The molecule has 0 saturated heterocycles. The summed E-state index contributed by atoms with van der Waals surface area (Å²) in [6.45, 7) is 14.8. The van der Waals surface area contributed by atoms with Gasteiger partial charge in [-0.3, -0.25) is 4.79 Å². The van der Waals surface area contributed by atoms with Gasteiger partial charge in [-0.25, -0.2) is 0 Å². The van der Waals surface area contributed by atoms with E-state index in [1.807, 2.05) is 0 Å². The number of esters is 1. The first-order valence-electron chi connectivity index (χ1n) is 20.5. The normalized spacial score (nSPS) is 32.9. The molecule has 0 aromatic heterocycles. The van der Waals surface area contributed by atoms with Crippen molar-refractivity contribution in [3.05, 3.63) is 48.1 Å². The second kappa shape index (κ2) is 19.0. The highest BCUT2D eigenvalue weighted by molar-refractivity contribution is 5.69. The molecule has 0 aliphatic heterocycles. The van der Waals surface area contributed by atoms with Crippen molar-refractivity contribution >= 4 is 5.97 Å². The van der Waals surface area contributed by atoms with Crippen molar-refractivity contribution in [3.63, 3.8) is 0 Å². The van der Waals surface area contributed by atoms with E-state index in [0.29, 0.717) is 17.3 Å². The van der Waals surface area contributed by atoms with E-state index in [4.69, 9.17) is 4.74 Å². The third-order valence-electron chi connectivity index (χ3n) is 13.6. The molecule has 8 atom stereocenters. The first-order chi connectivity index (χ1) is 22.7. The average Bonchev–Trinajstić information content (AvgIpc) is 3.40. The molecule has 0 N–H and O–H groups in total. The van der Waals surface area contributed by atoms with Gasteiger partial charge in [-0.1, -0.05) is 128 Å². The van der Waals surface area contributed by atoms with Gasteiger partial charge in [-0.2, -0.15) is 0 Å². The van der Waals surface area contributed by atoms with Gasteiger partial charge in [0.1, 0.15) is 6.10 Å². The summed E-state index contributed by atoms with van der Waals surface area (Å²) < 4.78 is 6.12. The van der Waals surface area contributed by atoms with Gasteiger partial charge in [0.05, 0.1) is 0 Å². The van der Waals surface area contributed by atoms with Gasteiger partial charge >= 0.3 is 5.97 Å². The van der Waals surface area contributed by atoms with Crippen LogP contribution in [0.4, 0.5) is 0 Å². The molecule has 3 fully saturated rings. The lowest BCUT2D eigenvalue weighted by Gasteiger charge is -2.58. The van der Waals surface area contributed by atoms with Crippen LogP contribution in [-0.4, -0.2) is 12.1 Å². The molecule has 2 nitrogen and oxygen atoms in total. The molecule has 0 unspecified atom stereocenters. The third kappa shape index (κ3) is 10.5. The van der Waals surface area contributed by atoms with Crippen LogP contribution >= 0.6 is 0 Å². The Hall–Kier alpha value is -1.57. The van der Waals surface area contributed by atoms with Crippen LogP contribution in [0.2, 0.25) is 0 Å². The maximum Gasteiger partial charge on any atom is 0.306 e. The monoisotopic (exact) mass is 647 g/mol. The number of carbonyl (C=O) groups is 1. The van der Waals surface area contributed by atoms with E-state index >= 15 is 0 Å². The van der Waals surface area contributed by atoms with E-state index in [-0.39, 0.29) is 12.1 Å². The summed E-state index contributed by atoms with van der Waals surface area (Å²) in [6.07, 6.45) is 41.7. The van der Waals surface area contributed by atoms with E-state index in [1.54, 1.807) is 5.57 Å². The van der Waals surface area contributed by atoms with Crippen LogP contribution in [0.1, 0.15) is 176 Å². The zero-order chi connectivity index (χ0) is 33.7. The molecule has 0 heterocycles. The maximum absolute atomic E-state index is 12.8. The molecule has 0 amide bonds. The van der Waals surface area contributed by atoms with Crippen LogP contribution < -0.4 is 0 Å². The number of fused-ring (bicyclic) bond motifs is 5. The van der Waals surface area contributed by atoms with Crippen molar-refractivity contribution in [1.29, 1.82) is 0 Å². The fourth-order valence-corrected chi connectivity index (χ4v) is 10.9. The Bertz CT molecular complexity index is 1060. The highest BCUT2D eigenvalue weighted by Crippen LogP contribution is 2.67. The van der Waals surface area contributed by atoms with Crippen molar-refractivity contribution in [3.8, 4) is 0 Å². The Kier molecular flexibility index (Phi) is 15.4. The lowest BCUT2D eigenvalue weighted by atomic mass is 9.47. The Morgan fingerprint density at radius 2 is 1.55 bits per heavy atom. The average molecular weight is 647 g/mol. The molecule has 0 aromatic carbocycles. The zero-order valence-corrected chi connectivity index (χ0v) is 31.7. The lowest BCUT2D eigenvalue weighted by Crippen LogP contribution is -2.51. The fourth-order valence-electron chi connectivity index (χ4n) is 10.9. The van der Waals surface area contributed by atoms with Crippen LogP contribution in [0.15, 0.2) is 48.1 Å². The molecule has 0 aromatic rings. The zero-order valence-electron chi connectivity index (χ0n) is 31.7. The molecule has 0 radical (unpaired) electrons. The number of ether oxygens (including phenoxy) is 1. The number of allylic oxidation sites excluding steroid dienone is 7. The predicted octanol–water partition coefficient (Wildman–Crippen LogP) is 13.5. The smallest absolute Gasteiger partial charge is 0.306 e. The van der Waals surface area contributed by atoms with E-state index in [1.165, 1.54) is 83.5 Å². The second-order valence-corrected chi connectivity index (χ2v) is 17.2. The number of hydrogen-bond donors (Lipinski definition) is 0. The van der Waals surface area contributed by atoms with Crippen molar-refractivity contribution in [2.24, 2.45) is 46.3 Å². The van der Waals surface area contributed by atoms with Crippen molar-refractivity contribution in [1.82, 2.24) is 0 Å². The summed E-state index contributed by atoms with van der Waals surface area (Å²) in [6, 6.07) is 0. The largest absolute Gasteiger partial charge is 0.462 e. The van der Waals surface area contributed by atoms with Gasteiger partial charge in [0.15, 0.2) is 0 Å². The lowest BCUT2D eigenvalue weighted by molar-refractivity contribution is -0.151. The minimum absolute atomic E-state index is 0.0435. The highest BCUT2D eigenvalue weighted by Gasteiger charge is 2.59. The van der Waals surface area contributed by atoms with Crippen LogP contribution in [0, 0.1) is 46.3 Å². The van der Waals surface area contributed by atoms with Crippen molar-refractivity contribution in [2.75, 3.05) is 0 Å². The predicted molar refractivity (Wildman–Crippen MR) is 202 cm³/mol. The van der Waals surface area contributed by atoms with Gasteiger partial charge < -0.3 is 4.74 Å². The topological polar surface area (TPSA) is 26.3 Å². The number of rotatable bonds is 19. The number of unbranched alkanes of at least 4 members (excludes halogenated alkanes) is 5. The van der Waals surface area contributed by atoms with Crippen LogP contribution in [0.25, 0.3) is 0 Å². The Balaban J connectivity index is 1.13. The minimum Gasteiger partial charge on any atom is -0.462 e. The van der Waals surface area contributed by atoms with E-state index in [9.17, 15) is 4.79 Å². The molecule has 47 heavy (non-hydrogen) atoms. The Morgan fingerprint density at radius 3 is 2.32 bits per heavy atom. The highest BCUT2D eigenvalue weighted by atomic mass is 16.5. The molecule has 0 bridgehead atoms. The van der Waals surface area contributed by atoms with Gasteiger partial charge in [-0.05, 0) is 130 Å². The van der Waals surface area contributed by atoms with Crippen molar-refractivity contribution < 1.29 is 9.53 Å². The number of carbonyl (C=O) groups excluding carboxylic acids is 1. The summed E-state index contributed by atoms with van der Waals surface area (Å²) in [7, 11) is 0. The third-order valence-corrected chi connectivity index (χ3v) is 13.6. The Labute approximate surface area is 291 Å². The standard InChI is InChI=1S/C45H74O2/c1-7-8-9-10-11-12-13-14-15-16-17-18-19-20-21-25-43(46)47-38-30-32-44(5)37(34-38)26-27-39-41-29-28-40(36(4)24-22-23-35(2)3)45(41,6)33-31-42(39)44/h8-9,11-12,14-15,26,35-36,38-42H,7,10,13,16-25,27-34H2,1-6H3/b9-8-,12-11-,15-14-/t36-,38-,39+,40-,41-,42-,44+,45-/m1/s1.